The van der Waals surface area contributed by atoms with E-state index >= 15 is 0 Å². The molecule has 0 aliphatic rings. The molecule has 0 radical (unpaired) electrons. The summed E-state index contributed by atoms with van der Waals surface area (Å²) in [6.07, 6.45) is 1.72. The quantitative estimate of drug-likeness (QED) is 0.359. The largest absolute Gasteiger partial charge is 0.433 e. The molecule has 2 aromatic rings. The molecule has 2 amide bonds. The monoisotopic (exact) mass is 392 g/mol. The van der Waals surface area contributed by atoms with E-state index < -0.39 is 33.4 Å². The van der Waals surface area contributed by atoms with E-state index in [0.717, 1.165) is 24.6 Å². The zero-order valence-corrected chi connectivity index (χ0v) is 13.9. The molecule has 2 heterocycles. The maximum absolute atomic E-state index is 11.6. The van der Waals surface area contributed by atoms with Gasteiger partial charge in [0, 0.05) is 12.8 Å². The van der Waals surface area contributed by atoms with Crippen molar-refractivity contribution in [1.82, 2.24) is 10.9 Å². The second-order valence-electron chi connectivity index (χ2n) is 4.95. The standard InChI is InChI=1S/C14H12N6O8/c21-11(17-15-7-9-1-5-13(27-9)19(23)24)3-4-12(22)18-16-8-10-2-6-14(28-10)20(25)26/h1-2,5-8H,3-4H2,(H,17,21)(H,18,22)/b15-7-,16-8-. The van der Waals surface area contributed by atoms with Crippen LogP contribution in [0.5, 0.6) is 0 Å². The molecule has 14 heteroatoms. The molecule has 0 fully saturated rings. The topological polar surface area (TPSA) is 195 Å². The second-order valence-corrected chi connectivity index (χ2v) is 4.95. The molecule has 14 nitrogen and oxygen atoms in total. The van der Waals surface area contributed by atoms with Crippen molar-refractivity contribution >= 4 is 36.0 Å². The highest BCUT2D eigenvalue weighted by molar-refractivity contribution is 5.85. The molecule has 0 aromatic carbocycles. The van der Waals surface area contributed by atoms with E-state index in [2.05, 4.69) is 21.1 Å². The SMILES string of the molecule is O=C(CCC(=O)N/N=C\c1ccc([N+](=O)[O-])o1)N/N=C\c1ccc([N+](=O)[O-])o1. The Labute approximate surface area is 155 Å². The Morgan fingerprint density at radius 3 is 1.57 bits per heavy atom. The molecule has 2 rings (SSSR count). The average molecular weight is 392 g/mol. The zero-order valence-electron chi connectivity index (χ0n) is 13.9. The number of rotatable bonds is 9. The van der Waals surface area contributed by atoms with Gasteiger partial charge in [0.25, 0.3) is 0 Å². The van der Waals surface area contributed by atoms with Crippen LogP contribution in [0.15, 0.2) is 43.3 Å². The smallest absolute Gasteiger partial charge is 0.400 e. The molecule has 0 unspecified atom stereocenters. The predicted molar refractivity (Wildman–Crippen MR) is 91.4 cm³/mol. The van der Waals surface area contributed by atoms with Gasteiger partial charge in [0.1, 0.15) is 9.85 Å². The third-order valence-corrected chi connectivity index (χ3v) is 2.93. The van der Waals surface area contributed by atoms with Crippen LogP contribution in [0.4, 0.5) is 11.8 Å². The summed E-state index contributed by atoms with van der Waals surface area (Å²) in [6, 6.07) is 4.86. The Kier molecular flexibility index (Phi) is 6.68. The lowest BCUT2D eigenvalue weighted by Crippen LogP contribution is -2.22. The first kappa shape index (κ1) is 20.0. The van der Waals surface area contributed by atoms with Crippen molar-refractivity contribution < 1.29 is 28.3 Å². The average Bonchev–Trinajstić information content (AvgIpc) is 3.30. The van der Waals surface area contributed by atoms with Gasteiger partial charge in [-0.25, -0.2) is 10.9 Å². The van der Waals surface area contributed by atoms with Gasteiger partial charge in [0.05, 0.1) is 24.6 Å². The summed E-state index contributed by atoms with van der Waals surface area (Å²) < 4.78 is 9.59. The number of carbonyl (C=O) groups is 2. The van der Waals surface area contributed by atoms with Crippen molar-refractivity contribution in [2.45, 2.75) is 12.8 Å². The number of carbonyl (C=O) groups excluding carboxylic acids is 2. The molecular formula is C14H12N6O8. The summed E-state index contributed by atoms with van der Waals surface area (Å²) in [5.41, 5.74) is 4.25. The highest BCUT2D eigenvalue weighted by Crippen LogP contribution is 2.14. The normalized spacial score (nSPS) is 11.0. The van der Waals surface area contributed by atoms with Crippen molar-refractivity contribution in [3.8, 4) is 0 Å². The fourth-order valence-electron chi connectivity index (χ4n) is 1.69. The minimum atomic E-state index is -0.718. The third kappa shape index (κ3) is 6.17. The summed E-state index contributed by atoms with van der Waals surface area (Å²) in [4.78, 5) is 42.6. The van der Waals surface area contributed by atoms with E-state index in [9.17, 15) is 29.8 Å². The maximum atomic E-state index is 11.6. The van der Waals surface area contributed by atoms with Crippen LogP contribution in [0.25, 0.3) is 0 Å². The van der Waals surface area contributed by atoms with Crippen LogP contribution in [0.2, 0.25) is 0 Å². The number of furan rings is 2. The predicted octanol–water partition coefficient (Wildman–Crippen LogP) is 1.07. The van der Waals surface area contributed by atoms with E-state index in [1.54, 1.807) is 0 Å². The van der Waals surface area contributed by atoms with E-state index in [-0.39, 0.29) is 24.4 Å². The molecule has 0 aliphatic carbocycles. The number of hydrogen-bond donors (Lipinski definition) is 2. The number of hydrogen-bond acceptors (Lipinski definition) is 10. The van der Waals surface area contributed by atoms with Gasteiger partial charge in [0.15, 0.2) is 11.5 Å². The minimum absolute atomic E-state index is 0.0669. The maximum Gasteiger partial charge on any atom is 0.433 e. The Balaban J connectivity index is 1.69. The van der Waals surface area contributed by atoms with Gasteiger partial charge in [-0.05, 0) is 12.1 Å². The summed E-state index contributed by atoms with van der Waals surface area (Å²) in [5.74, 6) is -1.96. The number of hydrazone groups is 2. The molecule has 0 bridgehead atoms. The third-order valence-electron chi connectivity index (χ3n) is 2.93. The Hall–Kier alpha value is -4.36. The van der Waals surface area contributed by atoms with Crippen LogP contribution in [0.3, 0.4) is 0 Å². The summed E-state index contributed by atoms with van der Waals surface area (Å²) in [6.45, 7) is 0. The van der Waals surface area contributed by atoms with E-state index in [1.807, 2.05) is 0 Å². The van der Waals surface area contributed by atoms with Gasteiger partial charge in [-0.2, -0.15) is 10.2 Å². The van der Waals surface area contributed by atoms with Crippen LogP contribution in [-0.2, 0) is 9.59 Å². The first-order chi connectivity index (χ1) is 13.3. The van der Waals surface area contributed by atoms with Gasteiger partial charge >= 0.3 is 11.8 Å². The van der Waals surface area contributed by atoms with Crippen LogP contribution < -0.4 is 10.9 Å². The van der Waals surface area contributed by atoms with Crippen LogP contribution in [0.1, 0.15) is 24.4 Å². The van der Waals surface area contributed by atoms with Gasteiger partial charge in [-0.1, -0.05) is 0 Å². The van der Waals surface area contributed by atoms with Crippen LogP contribution >= 0.6 is 0 Å². The lowest BCUT2D eigenvalue weighted by molar-refractivity contribution is -0.402. The Morgan fingerprint density at radius 1 is 0.857 bits per heavy atom. The molecule has 0 saturated heterocycles. The lowest BCUT2D eigenvalue weighted by Gasteiger charge is -1.99. The van der Waals surface area contributed by atoms with Crippen molar-refractivity contribution in [2.75, 3.05) is 0 Å². The van der Waals surface area contributed by atoms with Crippen LogP contribution in [0, 0.1) is 20.2 Å². The molecule has 2 N–H and O–H groups in total. The van der Waals surface area contributed by atoms with Crippen LogP contribution in [-0.4, -0.2) is 34.1 Å². The summed E-state index contributed by atoms with van der Waals surface area (Å²) >= 11 is 0. The Morgan fingerprint density at radius 2 is 1.25 bits per heavy atom. The molecule has 0 saturated carbocycles. The van der Waals surface area contributed by atoms with E-state index in [1.165, 1.54) is 12.1 Å². The van der Waals surface area contributed by atoms with Crippen molar-refractivity contribution in [3.05, 3.63) is 56.0 Å². The molecule has 2 aromatic heterocycles. The molecule has 0 aliphatic heterocycles. The van der Waals surface area contributed by atoms with E-state index in [0.29, 0.717) is 0 Å². The molecule has 146 valence electrons. The first-order valence-electron chi connectivity index (χ1n) is 7.47. The Bertz CT molecular complexity index is 867. The van der Waals surface area contributed by atoms with Gasteiger partial charge < -0.3 is 8.83 Å². The fraction of sp³-hybridized carbons (Fsp3) is 0.143. The lowest BCUT2D eigenvalue weighted by atomic mass is 10.3. The zero-order chi connectivity index (χ0) is 20.5. The minimum Gasteiger partial charge on any atom is -0.400 e. The van der Waals surface area contributed by atoms with Crippen molar-refractivity contribution in [2.24, 2.45) is 10.2 Å². The number of nitrogens with zero attached hydrogens (tertiary/aromatic N) is 4. The number of amides is 2. The molecule has 0 atom stereocenters. The molecule has 28 heavy (non-hydrogen) atoms. The van der Waals surface area contributed by atoms with E-state index in [4.69, 9.17) is 8.83 Å². The second kappa shape index (κ2) is 9.37. The highest BCUT2D eigenvalue weighted by atomic mass is 16.7. The number of nitro groups is 2. The molecule has 0 spiro atoms. The first-order valence-corrected chi connectivity index (χ1v) is 7.47. The van der Waals surface area contributed by atoms with Crippen molar-refractivity contribution in [1.29, 1.82) is 0 Å². The van der Waals surface area contributed by atoms with Gasteiger partial charge in [-0.3, -0.25) is 29.8 Å². The highest BCUT2D eigenvalue weighted by Gasteiger charge is 2.11. The van der Waals surface area contributed by atoms with Gasteiger partial charge in [0.2, 0.25) is 11.8 Å². The summed E-state index contributed by atoms with van der Waals surface area (Å²) in [7, 11) is 0. The summed E-state index contributed by atoms with van der Waals surface area (Å²) in [5, 5.41) is 28.0. The van der Waals surface area contributed by atoms with Crippen molar-refractivity contribution in [3.63, 3.8) is 0 Å². The number of nitrogens with one attached hydrogen (secondary N) is 2. The van der Waals surface area contributed by atoms with Gasteiger partial charge in [-0.15, -0.1) is 0 Å². The molecular weight excluding hydrogens is 380 g/mol. The fourth-order valence-corrected chi connectivity index (χ4v) is 1.69.